The molecule has 1 spiro atoms. The molecule has 2 aromatic carbocycles. The van der Waals surface area contributed by atoms with Gasteiger partial charge in [-0.1, -0.05) is 18.2 Å². The number of benzene rings is 2. The van der Waals surface area contributed by atoms with E-state index in [9.17, 15) is 23.1 Å². The van der Waals surface area contributed by atoms with E-state index in [-0.39, 0.29) is 18.0 Å². The molecule has 0 bridgehead atoms. The Bertz CT molecular complexity index is 1760. The lowest BCUT2D eigenvalue weighted by Crippen LogP contribution is -2.78. The molecule has 0 aliphatic carbocycles. The topological polar surface area (TPSA) is 122 Å². The van der Waals surface area contributed by atoms with Crippen LogP contribution in [0.3, 0.4) is 0 Å². The lowest BCUT2D eigenvalue weighted by atomic mass is 9.80. The maximum atomic E-state index is 14.2. The number of aromatic nitrogens is 1. The maximum absolute atomic E-state index is 14.2. The number of β-amino-alcohol motifs (C(OH)–C–C–N with tert-alkyl or cyclic N) is 1. The Kier molecular flexibility index (Phi) is 7.49. The first-order valence-electron chi connectivity index (χ1n) is 15.4. The molecule has 242 valence electrons. The van der Waals surface area contributed by atoms with Crippen molar-refractivity contribution in [3.05, 3.63) is 48.5 Å². The van der Waals surface area contributed by atoms with Gasteiger partial charge in [-0.3, -0.25) is 0 Å². The monoisotopic (exact) mass is 638 g/mol. The molecule has 12 heteroatoms. The zero-order valence-corrected chi connectivity index (χ0v) is 27.6. The number of likely N-dealkylation sites (tertiary alicyclic amines) is 1. The zero-order chi connectivity index (χ0) is 32.5. The van der Waals surface area contributed by atoms with E-state index >= 15 is 0 Å². The molecule has 3 fully saturated rings. The Morgan fingerprint density at radius 1 is 0.911 bits per heavy atom. The van der Waals surface area contributed by atoms with Crippen molar-refractivity contribution in [2.45, 2.75) is 82.1 Å². The fourth-order valence-corrected chi connectivity index (χ4v) is 8.24. The molecule has 45 heavy (non-hydrogen) atoms. The van der Waals surface area contributed by atoms with E-state index in [1.165, 1.54) is 8.87 Å². The number of carbonyl (C=O) groups is 2. The minimum Gasteiger partial charge on any atom is -0.444 e. The van der Waals surface area contributed by atoms with Crippen LogP contribution >= 0.6 is 0 Å². The van der Waals surface area contributed by atoms with Crippen LogP contribution in [0, 0.1) is 0 Å². The van der Waals surface area contributed by atoms with Crippen LogP contribution in [0.5, 0.6) is 0 Å². The standard InChI is InChI=1S/C33H42N4O7S/c1-31(2,3)43-29(39)35-20-33(21-35)14-16-36(33)45(41,42)24-11-12-27(34-15-13-23(38)19-34)25(18-24)28-17-22-9-7-8-10-26(22)37(28)30(40)44-32(4,5)6/h7-12,17-18,23,38H,13-16,19-21H2,1-6H3/t23-/m0/s1. The number of rotatable bonds is 4. The van der Waals surface area contributed by atoms with Crippen molar-refractivity contribution in [1.29, 1.82) is 0 Å². The number of aliphatic hydroxyl groups excluding tert-OH is 1. The molecule has 11 nitrogen and oxygen atoms in total. The van der Waals surface area contributed by atoms with Crippen molar-refractivity contribution >= 4 is 38.8 Å². The Hall–Kier alpha value is -3.61. The summed E-state index contributed by atoms with van der Waals surface area (Å²) in [4.78, 5) is 29.9. The average Bonchev–Trinajstić information content (AvgIpc) is 3.48. The van der Waals surface area contributed by atoms with Gasteiger partial charge in [-0.2, -0.15) is 4.31 Å². The molecule has 3 saturated heterocycles. The van der Waals surface area contributed by atoms with Crippen LogP contribution < -0.4 is 4.90 Å². The van der Waals surface area contributed by atoms with Gasteiger partial charge in [0.15, 0.2) is 0 Å². The number of hydrogen-bond acceptors (Lipinski definition) is 8. The lowest BCUT2D eigenvalue weighted by Gasteiger charge is -2.60. The molecular formula is C33H42N4O7S. The van der Waals surface area contributed by atoms with Gasteiger partial charge in [0.25, 0.3) is 0 Å². The largest absolute Gasteiger partial charge is 0.444 e. The molecule has 3 aromatic rings. The van der Waals surface area contributed by atoms with Crippen LogP contribution in [0.4, 0.5) is 15.3 Å². The summed E-state index contributed by atoms with van der Waals surface area (Å²) in [6, 6.07) is 14.3. The van der Waals surface area contributed by atoms with Gasteiger partial charge in [0.05, 0.1) is 27.7 Å². The molecular weight excluding hydrogens is 596 g/mol. The van der Waals surface area contributed by atoms with Gasteiger partial charge >= 0.3 is 12.2 Å². The number of sulfonamides is 1. The number of anilines is 1. The predicted molar refractivity (Wildman–Crippen MR) is 171 cm³/mol. The minimum atomic E-state index is -3.97. The highest BCUT2D eigenvalue weighted by molar-refractivity contribution is 7.89. The number of ether oxygens (including phenoxy) is 2. The number of aliphatic hydroxyl groups is 1. The normalized spacial score (nSPS) is 20.3. The van der Waals surface area contributed by atoms with E-state index in [0.717, 1.165) is 11.1 Å². The molecule has 6 rings (SSSR count). The van der Waals surface area contributed by atoms with E-state index < -0.39 is 45.1 Å². The number of nitrogens with zero attached hydrogens (tertiary/aromatic N) is 4. The number of hydrogen-bond donors (Lipinski definition) is 1. The fraction of sp³-hybridized carbons (Fsp3) is 0.515. The van der Waals surface area contributed by atoms with E-state index in [1.54, 1.807) is 64.6 Å². The van der Waals surface area contributed by atoms with Crippen molar-refractivity contribution in [3.8, 4) is 11.3 Å². The quantitative estimate of drug-likeness (QED) is 0.422. The maximum Gasteiger partial charge on any atom is 0.419 e. The minimum absolute atomic E-state index is 0.0942. The second kappa shape index (κ2) is 10.7. The smallest absolute Gasteiger partial charge is 0.419 e. The fourth-order valence-electron chi connectivity index (χ4n) is 6.43. The third kappa shape index (κ3) is 5.79. The number of fused-ring (bicyclic) bond motifs is 1. The van der Waals surface area contributed by atoms with Crippen LogP contribution in [0.1, 0.15) is 54.4 Å². The Morgan fingerprint density at radius 2 is 1.58 bits per heavy atom. The van der Waals surface area contributed by atoms with E-state index in [2.05, 4.69) is 0 Å². The summed E-state index contributed by atoms with van der Waals surface area (Å²) < 4.78 is 42.7. The molecule has 0 unspecified atom stereocenters. The highest BCUT2D eigenvalue weighted by atomic mass is 32.2. The zero-order valence-electron chi connectivity index (χ0n) is 26.7. The van der Waals surface area contributed by atoms with Crippen molar-refractivity contribution in [2.75, 3.05) is 37.6 Å². The highest BCUT2D eigenvalue weighted by Gasteiger charge is 2.60. The van der Waals surface area contributed by atoms with E-state index in [4.69, 9.17) is 9.47 Å². The van der Waals surface area contributed by atoms with Gasteiger partial charge in [-0.15, -0.1) is 0 Å². The molecule has 3 aliphatic rings. The first-order valence-corrected chi connectivity index (χ1v) is 16.8. The van der Waals surface area contributed by atoms with Crippen LogP contribution in [0.25, 0.3) is 22.2 Å². The molecule has 1 aromatic heterocycles. The molecule has 1 amide bonds. The van der Waals surface area contributed by atoms with Gasteiger partial charge < -0.3 is 24.4 Å². The summed E-state index contributed by atoms with van der Waals surface area (Å²) >= 11 is 0. The molecule has 4 heterocycles. The summed E-state index contributed by atoms with van der Waals surface area (Å²) in [7, 11) is -3.97. The Morgan fingerprint density at radius 3 is 2.18 bits per heavy atom. The van der Waals surface area contributed by atoms with Crippen LogP contribution in [0.15, 0.2) is 53.4 Å². The van der Waals surface area contributed by atoms with Gasteiger partial charge in [-0.05, 0) is 84.7 Å². The lowest BCUT2D eigenvalue weighted by molar-refractivity contribution is -0.0781. The van der Waals surface area contributed by atoms with Gasteiger partial charge in [0, 0.05) is 49.4 Å². The Labute approximate surface area is 264 Å². The summed E-state index contributed by atoms with van der Waals surface area (Å²) in [5.74, 6) is 0. The average molecular weight is 639 g/mol. The number of carbonyl (C=O) groups excluding carboxylic acids is 2. The second-order valence-electron chi connectivity index (χ2n) is 14.4. The van der Waals surface area contributed by atoms with E-state index in [0.29, 0.717) is 49.2 Å². The highest BCUT2D eigenvalue weighted by Crippen LogP contribution is 2.45. The Balaban J connectivity index is 1.41. The summed E-state index contributed by atoms with van der Waals surface area (Å²) in [6.45, 7) is 12.7. The summed E-state index contributed by atoms with van der Waals surface area (Å²) in [5, 5.41) is 11.2. The van der Waals surface area contributed by atoms with Crippen molar-refractivity contribution in [1.82, 2.24) is 13.8 Å². The predicted octanol–water partition coefficient (Wildman–Crippen LogP) is 5.05. The molecule has 3 aliphatic heterocycles. The third-order valence-corrected chi connectivity index (χ3v) is 10.6. The van der Waals surface area contributed by atoms with Crippen molar-refractivity contribution < 1.29 is 32.6 Å². The molecule has 1 atom stereocenters. The molecule has 1 N–H and O–H groups in total. The molecule has 0 saturated carbocycles. The van der Waals surface area contributed by atoms with Gasteiger partial charge in [0.2, 0.25) is 10.0 Å². The summed E-state index contributed by atoms with van der Waals surface area (Å²) in [6.07, 6.45) is -0.302. The second-order valence-corrected chi connectivity index (χ2v) is 16.2. The van der Waals surface area contributed by atoms with Gasteiger partial charge in [-0.25, -0.2) is 22.6 Å². The first kappa shape index (κ1) is 31.4. The number of amides is 1. The summed E-state index contributed by atoms with van der Waals surface area (Å²) in [5.41, 5.74) is 0.337. The van der Waals surface area contributed by atoms with Crippen LogP contribution in [0.2, 0.25) is 0 Å². The van der Waals surface area contributed by atoms with Crippen LogP contribution in [-0.4, -0.2) is 95.1 Å². The van der Waals surface area contributed by atoms with E-state index in [1.807, 2.05) is 35.2 Å². The van der Waals surface area contributed by atoms with Crippen molar-refractivity contribution in [3.63, 3.8) is 0 Å². The number of para-hydroxylation sites is 1. The SMILES string of the molecule is CC(C)(C)OC(=O)N1CC2(CCN2S(=O)(=O)c2ccc(N3CC[C@H](O)C3)c(-c3cc4ccccc4n3C(=O)OC(C)(C)C)c2)C1. The molecule has 0 radical (unpaired) electrons. The van der Waals surface area contributed by atoms with Gasteiger partial charge in [0.1, 0.15) is 11.2 Å². The first-order chi connectivity index (χ1) is 21.0. The van der Waals surface area contributed by atoms with Crippen molar-refractivity contribution in [2.24, 2.45) is 0 Å². The van der Waals surface area contributed by atoms with Crippen LogP contribution in [-0.2, 0) is 19.5 Å². The third-order valence-electron chi connectivity index (χ3n) is 8.55.